The van der Waals surface area contributed by atoms with E-state index < -0.39 is 0 Å². The molecule has 1 aliphatic rings. The lowest BCUT2D eigenvalue weighted by Gasteiger charge is -2.38. The summed E-state index contributed by atoms with van der Waals surface area (Å²) in [5, 5.41) is 0.709. The predicted octanol–water partition coefficient (Wildman–Crippen LogP) is 3.62. The molecule has 1 fully saturated rings. The van der Waals surface area contributed by atoms with Crippen LogP contribution in [0.25, 0.3) is 5.65 Å². The first-order chi connectivity index (χ1) is 13.0. The van der Waals surface area contributed by atoms with Gasteiger partial charge in [-0.2, -0.15) is 0 Å². The number of benzene rings is 1. The van der Waals surface area contributed by atoms with Crippen LogP contribution < -0.4 is 5.56 Å². The number of nitrogens with zero attached hydrogens (tertiary/aromatic N) is 3. The molecule has 27 heavy (non-hydrogen) atoms. The third-order valence-electron chi connectivity index (χ3n) is 5.01. The molecule has 0 bridgehead atoms. The van der Waals surface area contributed by atoms with E-state index in [0.717, 1.165) is 23.4 Å². The van der Waals surface area contributed by atoms with Gasteiger partial charge in [0.2, 0.25) is 0 Å². The molecule has 1 saturated heterocycles. The van der Waals surface area contributed by atoms with Crippen LogP contribution in [0.1, 0.15) is 29.8 Å². The minimum absolute atomic E-state index is 0.0379. The minimum Gasteiger partial charge on any atom is -0.371 e. The summed E-state index contributed by atoms with van der Waals surface area (Å²) in [5.74, 6) is 0. The summed E-state index contributed by atoms with van der Waals surface area (Å²) in [4.78, 5) is 19.4. The molecule has 1 aromatic carbocycles. The van der Waals surface area contributed by atoms with E-state index in [0.29, 0.717) is 23.8 Å². The number of aryl methyl sites for hydroxylation is 1. The Kier molecular flexibility index (Phi) is 5.00. The molecular formula is C21H22ClN3O2. The number of ether oxygens (including phenoxy) is 1. The Balaban J connectivity index is 1.58. The molecule has 140 valence electrons. The van der Waals surface area contributed by atoms with E-state index >= 15 is 0 Å². The van der Waals surface area contributed by atoms with Gasteiger partial charge in [0.15, 0.2) is 0 Å². The van der Waals surface area contributed by atoms with Crippen LogP contribution in [-0.4, -0.2) is 33.5 Å². The molecule has 0 spiro atoms. The topological polar surface area (TPSA) is 46.8 Å². The molecule has 3 aromatic rings. The first kappa shape index (κ1) is 18.2. The number of hydrogen-bond acceptors (Lipinski definition) is 4. The number of morpholine rings is 1. The van der Waals surface area contributed by atoms with Crippen LogP contribution in [0.5, 0.6) is 0 Å². The Morgan fingerprint density at radius 1 is 1.26 bits per heavy atom. The Morgan fingerprint density at radius 2 is 2.11 bits per heavy atom. The summed E-state index contributed by atoms with van der Waals surface area (Å²) >= 11 is 6.13. The zero-order valence-electron chi connectivity index (χ0n) is 15.4. The number of fused-ring (bicyclic) bond motifs is 1. The molecule has 0 N–H and O–H groups in total. The van der Waals surface area contributed by atoms with Gasteiger partial charge in [-0.05, 0) is 43.2 Å². The van der Waals surface area contributed by atoms with Crippen LogP contribution in [0, 0.1) is 6.92 Å². The highest BCUT2D eigenvalue weighted by atomic mass is 35.5. The van der Waals surface area contributed by atoms with Crippen LogP contribution in [0.15, 0.2) is 53.5 Å². The summed E-state index contributed by atoms with van der Waals surface area (Å²) in [6, 6.07) is 13.5. The van der Waals surface area contributed by atoms with Crippen molar-refractivity contribution in [2.45, 2.75) is 32.5 Å². The maximum absolute atomic E-state index is 12.5. The number of hydrogen-bond donors (Lipinski definition) is 0. The van der Waals surface area contributed by atoms with E-state index in [-0.39, 0.29) is 17.7 Å². The third-order valence-corrected chi connectivity index (χ3v) is 5.24. The van der Waals surface area contributed by atoms with Crippen LogP contribution in [0.3, 0.4) is 0 Å². The number of rotatable bonds is 3. The van der Waals surface area contributed by atoms with E-state index in [9.17, 15) is 4.79 Å². The average molecular weight is 384 g/mol. The van der Waals surface area contributed by atoms with Gasteiger partial charge in [0, 0.05) is 36.4 Å². The minimum atomic E-state index is -0.0500. The van der Waals surface area contributed by atoms with Crippen LogP contribution in [-0.2, 0) is 11.3 Å². The van der Waals surface area contributed by atoms with Crippen molar-refractivity contribution in [1.29, 1.82) is 0 Å². The van der Waals surface area contributed by atoms with Gasteiger partial charge in [0.05, 0.1) is 18.4 Å². The molecule has 2 aromatic heterocycles. The maximum atomic E-state index is 12.5. The van der Waals surface area contributed by atoms with Crippen molar-refractivity contribution in [3.63, 3.8) is 0 Å². The Labute approximate surface area is 163 Å². The highest BCUT2D eigenvalue weighted by Gasteiger charge is 2.27. The van der Waals surface area contributed by atoms with Gasteiger partial charge in [0.1, 0.15) is 5.65 Å². The molecule has 0 aliphatic carbocycles. The molecule has 4 rings (SSSR count). The molecule has 0 saturated carbocycles. The second-order valence-corrected chi connectivity index (χ2v) is 7.61. The third kappa shape index (κ3) is 3.90. The Bertz CT molecular complexity index is 1030. The normalized spacial score (nSPS) is 20.9. The van der Waals surface area contributed by atoms with Gasteiger partial charge >= 0.3 is 0 Å². The van der Waals surface area contributed by atoms with E-state index in [2.05, 4.69) is 16.8 Å². The fourth-order valence-electron chi connectivity index (χ4n) is 3.48. The van der Waals surface area contributed by atoms with Crippen molar-refractivity contribution in [1.82, 2.24) is 14.3 Å². The molecule has 2 unspecified atom stereocenters. The zero-order valence-corrected chi connectivity index (χ0v) is 16.2. The molecule has 6 heteroatoms. The summed E-state index contributed by atoms with van der Waals surface area (Å²) in [5.41, 5.74) is 3.51. The van der Waals surface area contributed by atoms with Gasteiger partial charge in [-0.3, -0.25) is 14.1 Å². The molecule has 3 heterocycles. The lowest BCUT2D eigenvalue weighted by Crippen LogP contribution is -2.44. The first-order valence-electron chi connectivity index (χ1n) is 9.09. The smallest absolute Gasteiger partial charge is 0.258 e. The van der Waals surface area contributed by atoms with Gasteiger partial charge in [0.25, 0.3) is 5.56 Å². The highest BCUT2D eigenvalue weighted by Crippen LogP contribution is 2.27. The van der Waals surface area contributed by atoms with E-state index in [1.165, 1.54) is 0 Å². The Morgan fingerprint density at radius 3 is 2.93 bits per heavy atom. The van der Waals surface area contributed by atoms with Crippen LogP contribution in [0.2, 0.25) is 5.02 Å². The summed E-state index contributed by atoms with van der Waals surface area (Å²) < 4.78 is 7.61. The standard InChI is InChI=1S/C21H22ClN3O2/c1-14-6-7-20-23-18(9-21(26)25(20)10-14)11-24-12-19(27-13-15(24)2)16-4-3-5-17(22)8-16/h3-10,15,19H,11-13H2,1-2H3. The second-order valence-electron chi connectivity index (χ2n) is 7.18. The molecule has 0 amide bonds. The van der Waals surface area contributed by atoms with Crippen molar-refractivity contribution in [3.05, 3.63) is 80.9 Å². The number of halogens is 1. The van der Waals surface area contributed by atoms with Gasteiger partial charge in [-0.25, -0.2) is 4.98 Å². The number of pyridine rings is 1. The SMILES string of the molecule is Cc1ccc2nc(CN3CC(c4cccc(Cl)c4)OCC3C)cc(=O)n2c1. The van der Waals surface area contributed by atoms with Crippen molar-refractivity contribution < 1.29 is 4.74 Å². The highest BCUT2D eigenvalue weighted by molar-refractivity contribution is 6.30. The van der Waals surface area contributed by atoms with Gasteiger partial charge in [-0.15, -0.1) is 0 Å². The summed E-state index contributed by atoms with van der Waals surface area (Å²) in [7, 11) is 0. The number of aromatic nitrogens is 2. The van der Waals surface area contributed by atoms with Gasteiger partial charge < -0.3 is 4.74 Å². The van der Waals surface area contributed by atoms with Crippen LogP contribution in [0.4, 0.5) is 0 Å². The second kappa shape index (κ2) is 7.43. The van der Waals surface area contributed by atoms with E-state index in [1.54, 1.807) is 10.5 Å². The van der Waals surface area contributed by atoms with Crippen molar-refractivity contribution in [2.24, 2.45) is 0 Å². The van der Waals surface area contributed by atoms with Crippen molar-refractivity contribution in [2.75, 3.05) is 13.2 Å². The lowest BCUT2D eigenvalue weighted by molar-refractivity contribution is -0.0636. The molecule has 0 radical (unpaired) electrons. The average Bonchev–Trinajstić information content (AvgIpc) is 2.64. The molecule has 5 nitrogen and oxygen atoms in total. The van der Waals surface area contributed by atoms with Crippen LogP contribution >= 0.6 is 11.6 Å². The fourth-order valence-corrected chi connectivity index (χ4v) is 3.68. The van der Waals surface area contributed by atoms with E-state index in [4.69, 9.17) is 16.3 Å². The zero-order chi connectivity index (χ0) is 19.0. The largest absolute Gasteiger partial charge is 0.371 e. The Hall–Kier alpha value is -2.21. The van der Waals surface area contributed by atoms with Gasteiger partial charge in [-0.1, -0.05) is 29.8 Å². The lowest BCUT2D eigenvalue weighted by atomic mass is 10.1. The quantitative estimate of drug-likeness (QED) is 0.693. The molecule has 2 atom stereocenters. The van der Waals surface area contributed by atoms with E-state index in [1.807, 2.05) is 49.5 Å². The fraction of sp³-hybridized carbons (Fsp3) is 0.333. The molecule has 1 aliphatic heterocycles. The first-order valence-corrected chi connectivity index (χ1v) is 9.47. The maximum Gasteiger partial charge on any atom is 0.258 e. The molecular weight excluding hydrogens is 362 g/mol. The monoisotopic (exact) mass is 383 g/mol. The predicted molar refractivity (Wildman–Crippen MR) is 106 cm³/mol. The summed E-state index contributed by atoms with van der Waals surface area (Å²) in [6.45, 7) is 6.07. The van der Waals surface area contributed by atoms with Crippen molar-refractivity contribution in [3.8, 4) is 0 Å². The summed E-state index contributed by atoms with van der Waals surface area (Å²) in [6.07, 6.45) is 1.78. The van der Waals surface area contributed by atoms with Crippen molar-refractivity contribution >= 4 is 17.2 Å².